The van der Waals surface area contributed by atoms with Crippen molar-refractivity contribution in [3.05, 3.63) is 0 Å². The van der Waals surface area contributed by atoms with E-state index >= 15 is 0 Å². The van der Waals surface area contributed by atoms with E-state index in [0.717, 1.165) is 51.9 Å². The van der Waals surface area contributed by atoms with Gasteiger partial charge in [0.15, 0.2) is 0 Å². The summed E-state index contributed by atoms with van der Waals surface area (Å²) in [6.45, 7) is 8.80. The van der Waals surface area contributed by atoms with E-state index < -0.39 is 0 Å². The summed E-state index contributed by atoms with van der Waals surface area (Å²) < 4.78 is 0. The van der Waals surface area contributed by atoms with Gasteiger partial charge in [-0.2, -0.15) is 0 Å². The Morgan fingerprint density at radius 2 is 1.72 bits per heavy atom. The number of rotatable bonds is 3. The molecular formula is C13H27BN2O2. The van der Waals surface area contributed by atoms with Crippen LogP contribution in [-0.2, 0) is 0 Å². The number of piperidine rings is 2. The Morgan fingerprint density at radius 3 is 2.17 bits per heavy atom. The van der Waals surface area contributed by atoms with Crippen LogP contribution < -0.4 is 0 Å². The highest BCUT2D eigenvalue weighted by molar-refractivity contribution is 6.45. The number of likely N-dealkylation sites (tertiary alicyclic amines) is 1. The van der Waals surface area contributed by atoms with Gasteiger partial charge >= 0.3 is 7.05 Å². The second kappa shape index (κ2) is 5.91. The molecule has 2 aliphatic heterocycles. The lowest BCUT2D eigenvalue weighted by molar-refractivity contribution is 0.0149. The lowest BCUT2D eigenvalue weighted by Crippen LogP contribution is -2.57. The summed E-state index contributed by atoms with van der Waals surface area (Å²) in [6.07, 6.45) is 4.54. The normalized spacial score (nSPS) is 27.3. The second-order valence-electron chi connectivity index (χ2n) is 6.28. The third kappa shape index (κ3) is 3.07. The molecule has 0 aliphatic carbocycles. The molecule has 0 radical (unpaired) electrons. The van der Waals surface area contributed by atoms with Crippen molar-refractivity contribution in [3.63, 3.8) is 0 Å². The van der Waals surface area contributed by atoms with Crippen LogP contribution in [0, 0.1) is 5.92 Å². The predicted molar refractivity (Wildman–Crippen MR) is 74.4 cm³/mol. The summed E-state index contributed by atoms with van der Waals surface area (Å²) >= 11 is 0. The quantitative estimate of drug-likeness (QED) is 0.726. The Morgan fingerprint density at radius 1 is 1.17 bits per heavy atom. The lowest BCUT2D eigenvalue weighted by Gasteiger charge is -2.49. The van der Waals surface area contributed by atoms with E-state index in [1.807, 2.05) is 6.82 Å². The Kier molecular flexibility index (Phi) is 4.70. The first-order valence-corrected chi connectivity index (χ1v) is 7.33. The van der Waals surface area contributed by atoms with Crippen LogP contribution in [0.25, 0.3) is 0 Å². The molecule has 5 heteroatoms. The molecule has 0 spiro atoms. The van der Waals surface area contributed by atoms with Crippen molar-refractivity contribution in [1.82, 2.24) is 9.71 Å². The molecule has 0 saturated carbocycles. The van der Waals surface area contributed by atoms with Crippen LogP contribution in [0.2, 0.25) is 6.82 Å². The van der Waals surface area contributed by atoms with E-state index in [4.69, 9.17) is 0 Å². The van der Waals surface area contributed by atoms with E-state index in [1.54, 1.807) is 0 Å². The van der Waals surface area contributed by atoms with E-state index in [1.165, 1.54) is 0 Å². The summed E-state index contributed by atoms with van der Waals surface area (Å²) in [5.74, 6) is 0.516. The van der Waals surface area contributed by atoms with Crippen LogP contribution >= 0.6 is 0 Å². The first-order chi connectivity index (χ1) is 8.55. The van der Waals surface area contributed by atoms with Gasteiger partial charge < -0.3 is 14.9 Å². The molecule has 2 fully saturated rings. The topological polar surface area (TPSA) is 46.9 Å². The zero-order valence-electron chi connectivity index (χ0n) is 11.8. The molecule has 0 aromatic heterocycles. The monoisotopic (exact) mass is 254 g/mol. The van der Waals surface area contributed by atoms with Gasteiger partial charge in [-0.15, -0.1) is 0 Å². The Balaban J connectivity index is 1.86. The second-order valence-corrected chi connectivity index (χ2v) is 6.28. The van der Waals surface area contributed by atoms with Crippen LogP contribution in [0.5, 0.6) is 0 Å². The minimum atomic E-state index is -0.310. The number of aliphatic hydroxyl groups is 1. The number of aliphatic hydroxyl groups excluding tert-OH is 1. The van der Waals surface area contributed by atoms with E-state index in [0.29, 0.717) is 18.1 Å². The van der Waals surface area contributed by atoms with E-state index in [2.05, 4.69) is 16.6 Å². The number of nitrogens with zero attached hydrogens (tertiary/aromatic N) is 2. The largest absolute Gasteiger partial charge is 0.437 e. The van der Waals surface area contributed by atoms with Gasteiger partial charge in [-0.1, -0.05) is 0 Å². The molecule has 2 heterocycles. The van der Waals surface area contributed by atoms with Crippen LogP contribution in [0.1, 0.15) is 32.6 Å². The molecule has 0 unspecified atom stereocenters. The van der Waals surface area contributed by atoms with Crippen molar-refractivity contribution >= 4 is 7.05 Å². The maximum Gasteiger partial charge on any atom is 0.376 e. The van der Waals surface area contributed by atoms with Gasteiger partial charge in [-0.3, -0.25) is 4.90 Å². The van der Waals surface area contributed by atoms with Gasteiger partial charge in [-0.25, -0.2) is 0 Å². The van der Waals surface area contributed by atoms with Gasteiger partial charge in [0.1, 0.15) is 0 Å². The molecule has 0 atom stereocenters. The summed E-state index contributed by atoms with van der Waals surface area (Å²) in [7, 11) is -0.310. The highest BCUT2D eigenvalue weighted by Crippen LogP contribution is 2.32. The summed E-state index contributed by atoms with van der Waals surface area (Å²) in [5, 5.41) is 18.8. The van der Waals surface area contributed by atoms with E-state index in [9.17, 15) is 10.1 Å². The fraction of sp³-hybridized carbons (Fsp3) is 1.00. The summed E-state index contributed by atoms with van der Waals surface area (Å²) in [6, 6.07) is 0. The van der Waals surface area contributed by atoms with Crippen molar-refractivity contribution in [2.75, 3.05) is 32.8 Å². The maximum atomic E-state index is 9.61. The Hall–Kier alpha value is -0.0951. The molecular weight excluding hydrogens is 227 g/mol. The van der Waals surface area contributed by atoms with Crippen molar-refractivity contribution in [1.29, 1.82) is 0 Å². The first-order valence-electron chi connectivity index (χ1n) is 7.33. The van der Waals surface area contributed by atoms with Gasteiger partial charge in [0.25, 0.3) is 0 Å². The van der Waals surface area contributed by atoms with Crippen molar-refractivity contribution in [2.24, 2.45) is 5.92 Å². The highest BCUT2D eigenvalue weighted by atomic mass is 16.3. The smallest absolute Gasteiger partial charge is 0.376 e. The fourth-order valence-electron chi connectivity index (χ4n) is 3.35. The molecule has 4 nitrogen and oxygen atoms in total. The molecule has 2 saturated heterocycles. The highest BCUT2D eigenvalue weighted by Gasteiger charge is 2.38. The molecule has 2 N–H and O–H groups in total. The van der Waals surface area contributed by atoms with Gasteiger partial charge in [-0.05, 0) is 71.5 Å². The molecule has 2 aliphatic rings. The number of hydrogen-bond donors (Lipinski definition) is 2. The summed E-state index contributed by atoms with van der Waals surface area (Å²) in [5.41, 5.74) is 0.297. The molecule has 0 bridgehead atoms. The van der Waals surface area contributed by atoms with Gasteiger partial charge in [0, 0.05) is 12.1 Å². The Labute approximate surface area is 111 Å². The van der Waals surface area contributed by atoms with Gasteiger partial charge in [0.2, 0.25) is 0 Å². The van der Waals surface area contributed by atoms with Crippen LogP contribution in [-0.4, -0.2) is 65.2 Å². The standard InChI is InChI=1S/C13H27BN2O2/c1-13(5-9-16(10-6-13)14(2)18)15-7-3-12(11-17)4-8-15/h12,17-18H,3-11H2,1-2H3. The molecule has 104 valence electrons. The van der Waals surface area contributed by atoms with Crippen LogP contribution in [0.3, 0.4) is 0 Å². The SMILES string of the molecule is CB(O)N1CCC(C)(N2CCC(CO)CC2)CC1. The van der Waals surface area contributed by atoms with E-state index in [-0.39, 0.29) is 7.05 Å². The predicted octanol–water partition coefficient (Wildman–Crippen LogP) is 0.655. The third-order valence-corrected chi connectivity index (χ3v) is 5.04. The summed E-state index contributed by atoms with van der Waals surface area (Å²) in [4.78, 5) is 4.76. The zero-order valence-corrected chi connectivity index (χ0v) is 11.8. The van der Waals surface area contributed by atoms with Crippen LogP contribution in [0.15, 0.2) is 0 Å². The van der Waals surface area contributed by atoms with Gasteiger partial charge in [0.05, 0.1) is 0 Å². The first kappa shape index (κ1) is 14.3. The average molecular weight is 254 g/mol. The third-order valence-electron chi connectivity index (χ3n) is 5.04. The van der Waals surface area contributed by atoms with Crippen LogP contribution in [0.4, 0.5) is 0 Å². The minimum Gasteiger partial charge on any atom is -0.437 e. The molecule has 2 rings (SSSR count). The zero-order chi connectivity index (χ0) is 13.2. The molecule has 0 amide bonds. The van der Waals surface area contributed by atoms with Crippen molar-refractivity contribution < 1.29 is 10.1 Å². The fourth-order valence-corrected chi connectivity index (χ4v) is 3.35. The number of hydrogen-bond acceptors (Lipinski definition) is 4. The molecule has 0 aromatic carbocycles. The Bertz CT molecular complexity index is 260. The lowest BCUT2D eigenvalue weighted by atomic mass is 9.77. The molecule has 0 aromatic rings. The maximum absolute atomic E-state index is 9.61. The molecule has 18 heavy (non-hydrogen) atoms. The van der Waals surface area contributed by atoms with Crippen molar-refractivity contribution in [3.8, 4) is 0 Å². The van der Waals surface area contributed by atoms with Crippen molar-refractivity contribution in [2.45, 2.75) is 45.0 Å². The minimum absolute atomic E-state index is 0.297. The average Bonchev–Trinajstić information content (AvgIpc) is 2.39.